The average Bonchev–Trinajstić information content (AvgIpc) is 3.39. The summed E-state index contributed by atoms with van der Waals surface area (Å²) in [4.78, 5) is 26.4. The van der Waals surface area contributed by atoms with Crippen LogP contribution in [0.1, 0.15) is 207 Å². The monoisotopic (exact) mass is 1020 g/mol. The summed E-state index contributed by atoms with van der Waals surface area (Å²) in [5, 5.41) is 56.6. The third-order valence-electron chi connectivity index (χ3n) is 12.7. The quantitative estimate of drug-likeness (QED) is 0.0196. The molecule has 8 unspecified atom stereocenters. The second kappa shape index (κ2) is 49.2. The van der Waals surface area contributed by atoms with E-state index in [1.54, 1.807) is 12.2 Å². The topological polar surface area (TPSA) is 175 Å². The van der Waals surface area contributed by atoms with Crippen LogP contribution >= 0.6 is 0 Å². The molecular formula is C62H103NO10. The van der Waals surface area contributed by atoms with Crippen LogP contribution in [0.15, 0.2) is 109 Å². The van der Waals surface area contributed by atoms with Crippen molar-refractivity contribution in [2.24, 2.45) is 0 Å². The van der Waals surface area contributed by atoms with Crippen molar-refractivity contribution in [3.63, 3.8) is 0 Å². The van der Waals surface area contributed by atoms with Crippen LogP contribution in [0.3, 0.4) is 0 Å². The molecule has 0 spiro atoms. The van der Waals surface area contributed by atoms with E-state index in [1.165, 1.54) is 89.9 Å². The molecule has 11 heteroatoms. The van der Waals surface area contributed by atoms with Gasteiger partial charge in [-0.3, -0.25) is 9.59 Å². The Labute approximate surface area is 443 Å². The fraction of sp³-hybridized carbons (Fsp3) is 0.677. The molecule has 8 atom stereocenters. The number of aliphatic hydroxyl groups is 5. The number of hydrogen-bond donors (Lipinski definition) is 6. The molecule has 0 aromatic rings. The van der Waals surface area contributed by atoms with E-state index in [9.17, 15) is 35.1 Å². The van der Waals surface area contributed by atoms with E-state index < -0.39 is 67.4 Å². The van der Waals surface area contributed by atoms with Crippen LogP contribution in [0.2, 0.25) is 0 Å². The molecule has 1 amide bonds. The summed E-state index contributed by atoms with van der Waals surface area (Å²) >= 11 is 0. The van der Waals surface area contributed by atoms with Crippen LogP contribution in [0.5, 0.6) is 0 Å². The molecule has 0 saturated carbocycles. The highest BCUT2D eigenvalue weighted by molar-refractivity contribution is 5.81. The predicted molar refractivity (Wildman–Crippen MR) is 301 cm³/mol. The van der Waals surface area contributed by atoms with E-state index >= 15 is 0 Å². The lowest BCUT2D eigenvalue weighted by Gasteiger charge is -2.41. The van der Waals surface area contributed by atoms with E-state index in [0.29, 0.717) is 12.8 Å². The lowest BCUT2D eigenvalue weighted by atomic mass is 9.99. The highest BCUT2D eigenvalue weighted by Crippen LogP contribution is 2.26. The number of allylic oxidation sites excluding steroid dienone is 16. The Morgan fingerprint density at radius 1 is 0.548 bits per heavy atom. The van der Waals surface area contributed by atoms with Crippen molar-refractivity contribution in [3.05, 3.63) is 109 Å². The SMILES string of the molecule is CC/C=C\C/C=C\C/C=C\C/C=C\C/C=C\C/C=C\CC(O)C(=O)NC(COC1OC(CO)C(O)C(O)C1OC(=O)CC/C=C/C/C=C\CCCCCCCC)C(O)/C=C/CCCCCCCCCCCCC. The second-order valence-corrected chi connectivity index (χ2v) is 19.3. The standard InChI is InChI=1S/C62H103NO10/c1-4-7-10-13-16-19-22-25-26-27-28-29-32-34-37-40-43-46-49-55(66)61(70)63-53(54(65)48-45-42-39-36-33-30-23-20-17-14-11-8-5-2)52-71-62-60(59(69)58(68)56(51-64)72-62)73-57(67)50-47-44-41-38-35-31-24-21-18-15-12-9-6-3/h7,10,16,19,25-26,28-29,31,34-35,37,41,43-46,48,53-56,58-60,62,64-66,68-69H,4-6,8-9,11-15,17-18,20-24,27,30,32-33,36,38-40,42,47,49-52H2,1-3H3,(H,63,70)/b10-7-,19-16-,26-25-,29-28-,35-31-,37-34-,44-41+,46-43-,48-45+. The number of hydrogen-bond acceptors (Lipinski definition) is 10. The van der Waals surface area contributed by atoms with Gasteiger partial charge < -0.3 is 45.1 Å². The smallest absolute Gasteiger partial charge is 0.306 e. The van der Waals surface area contributed by atoms with Gasteiger partial charge in [0.1, 0.15) is 24.4 Å². The van der Waals surface area contributed by atoms with E-state index in [2.05, 4.69) is 92.9 Å². The molecule has 0 aliphatic carbocycles. The Balaban J connectivity index is 2.84. The molecule has 0 bridgehead atoms. The summed E-state index contributed by atoms with van der Waals surface area (Å²) < 4.78 is 17.4. The Morgan fingerprint density at radius 3 is 1.48 bits per heavy atom. The van der Waals surface area contributed by atoms with Crippen molar-refractivity contribution in [2.45, 2.75) is 256 Å². The van der Waals surface area contributed by atoms with Gasteiger partial charge in [0.25, 0.3) is 0 Å². The molecular weight excluding hydrogens is 919 g/mol. The van der Waals surface area contributed by atoms with Crippen molar-refractivity contribution >= 4 is 11.9 Å². The molecule has 416 valence electrons. The first kappa shape index (κ1) is 67.3. The summed E-state index contributed by atoms with van der Waals surface area (Å²) in [6.45, 7) is 5.56. The molecule has 1 aliphatic heterocycles. The van der Waals surface area contributed by atoms with Crippen LogP contribution in [-0.2, 0) is 23.8 Å². The predicted octanol–water partition coefficient (Wildman–Crippen LogP) is 12.9. The van der Waals surface area contributed by atoms with E-state index in [4.69, 9.17) is 14.2 Å². The number of aliphatic hydroxyl groups excluding tert-OH is 5. The van der Waals surface area contributed by atoms with Crippen LogP contribution in [0.25, 0.3) is 0 Å². The van der Waals surface area contributed by atoms with Crippen LogP contribution in [0.4, 0.5) is 0 Å². The molecule has 1 saturated heterocycles. The first-order chi connectivity index (χ1) is 35.7. The van der Waals surface area contributed by atoms with Gasteiger partial charge in [0, 0.05) is 12.8 Å². The number of rotatable bonds is 46. The first-order valence-corrected chi connectivity index (χ1v) is 28.7. The van der Waals surface area contributed by atoms with E-state index in [-0.39, 0.29) is 19.4 Å². The fourth-order valence-corrected chi connectivity index (χ4v) is 8.13. The van der Waals surface area contributed by atoms with Crippen LogP contribution in [0, 0.1) is 0 Å². The van der Waals surface area contributed by atoms with Crippen molar-refractivity contribution in [1.82, 2.24) is 5.32 Å². The molecule has 1 aliphatic rings. The summed E-state index contributed by atoms with van der Waals surface area (Å²) in [5.41, 5.74) is 0. The average molecular weight is 1020 g/mol. The zero-order valence-corrected chi connectivity index (χ0v) is 45.7. The van der Waals surface area contributed by atoms with E-state index in [0.717, 1.165) is 70.6 Å². The third-order valence-corrected chi connectivity index (χ3v) is 12.7. The number of carbonyl (C=O) groups is 2. The molecule has 0 aromatic heterocycles. The van der Waals surface area contributed by atoms with Gasteiger partial charge in [-0.2, -0.15) is 0 Å². The molecule has 0 radical (unpaired) electrons. The lowest BCUT2D eigenvalue weighted by Crippen LogP contribution is -2.61. The normalized spacial score (nSPS) is 20.2. The molecule has 1 heterocycles. The maximum atomic E-state index is 13.3. The Kier molecular flexibility index (Phi) is 45.4. The Morgan fingerprint density at radius 2 is 0.986 bits per heavy atom. The molecule has 1 rings (SSSR count). The third kappa shape index (κ3) is 37.7. The van der Waals surface area contributed by atoms with Gasteiger partial charge in [-0.15, -0.1) is 0 Å². The molecule has 73 heavy (non-hydrogen) atoms. The summed E-state index contributed by atoms with van der Waals surface area (Å²) in [6, 6.07) is -1.08. The maximum Gasteiger partial charge on any atom is 0.306 e. The summed E-state index contributed by atoms with van der Waals surface area (Å²) in [7, 11) is 0. The fourth-order valence-electron chi connectivity index (χ4n) is 8.13. The number of amides is 1. The van der Waals surface area contributed by atoms with Gasteiger partial charge in [-0.25, -0.2) is 0 Å². The second-order valence-electron chi connectivity index (χ2n) is 19.3. The highest BCUT2D eigenvalue weighted by Gasteiger charge is 2.47. The number of esters is 1. The van der Waals surface area contributed by atoms with Gasteiger partial charge in [0.2, 0.25) is 5.91 Å². The van der Waals surface area contributed by atoms with Crippen LogP contribution < -0.4 is 5.32 Å². The molecule has 6 N–H and O–H groups in total. The van der Waals surface area contributed by atoms with Gasteiger partial charge >= 0.3 is 5.97 Å². The molecule has 0 aromatic carbocycles. The largest absolute Gasteiger partial charge is 0.454 e. The zero-order chi connectivity index (χ0) is 53.3. The van der Waals surface area contributed by atoms with Gasteiger partial charge in [-0.05, 0) is 77.0 Å². The Bertz CT molecular complexity index is 1600. The first-order valence-electron chi connectivity index (χ1n) is 28.7. The van der Waals surface area contributed by atoms with E-state index in [1.807, 2.05) is 30.4 Å². The van der Waals surface area contributed by atoms with Crippen molar-refractivity contribution in [1.29, 1.82) is 0 Å². The minimum absolute atomic E-state index is 0.00338. The Hall–Kier alpha value is -3.68. The van der Waals surface area contributed by atoms with Crippen molar-refractivity contribution in [3.8, 4) is 0 Å². The summed E-state index contributed by atoms with van der Waals surface area (Å²) in [6.07, 6.45) is 55.9. The lowest BCUT2D eigenvalue weighted by molar-refractivity contribution is -0.305. The highest BCUT2D eigenvalue weighted by atomic mass is 16.7. The number of nitrogens with one attached hydrogen (secondary N) is 1. The summed E-state index contributed by atoms with van der Waals surface area (Å²) in [5.74, 6) is -1.37. The minimum atomic E-state index is -1.65. The van der Waals surface area contributed by atoms with Crippen molar-refractivity contribution in [2.75, 3.05) is 13.2 Å². The van der Waals surface area contributed by atoms with Gasteiger partial charge in [0.05, 0.1) is 25.4 Å². The van der Waals surface area contributed by atoms with Crippen molar-refractivity contribution < 1.29 is 49.3 Å². The maximum absolute atomic E-state index is 13.3. The zero-order valence-electron chi connectivity index (χ0n) is 45.7. The molecule has 11 nitrogen and oxygen atoms in total. The number of unbranched alkanes of at least 4 members (excludes halogenated alkanes) is 17. The van der Waals surface area contributed by atoms with Gasteiger partial charge in [0.15, 0.2) is 12.4 Å². The van der Waals surface area contributed by atoms with Gasteiger partial charge in [-0.1, -0.05) is 226 Å². The number of carbonyl (C=O) groups excluding carboxylic acids is 2. The van der Waals surface area contributed by atoms with Crippen LogP contribution in [-0.4, -0.2) is 99.6 Å². The molecule has 1 fully saturated rings. The minimum Gasteiger partial charge on any atom is -0.454 e. The number of ether oxygens (including phenoxy) is 3.